The summed E-state index contributed by atoms with van der Waals surface area (Å²) in [6.07, 6.45) is -2.27. The standard InChI is InChI=1S/C14H17F2NO5S/c1-8-3-9(2)12(4-11(8)13(19)20)23(21,22)17-6-10(18)5-14(15,16)7-17/h3-4,10,18H,5-7H2,1-2H3,(H,19,20). The lowest BCUT2D eigenvalue weighted by Gasteiger charge is -2.34. The van der Waals surface area contributed by atoms with E-state index in [9.17, 15) is 27.1 Å². The van der Waals surface area contributed by atoms with Crippen LogP contribution in [0.2, 0.25) is 0 Å². The number of aryl methyl sites for hydroxylation is 2. The first-order chi connectivity index (χ1) is 10.4. The zero-order valence-electron chi connectivity index (χ0n) is 12.6. The zero-order chi connectivity index (χ0) is 17.6. The van der Waals surface area contributed by atoms with Crippen molar-refractivity contribution in [1.29, 1.82) is 0 Å². The Kier molecular flexibility index (Phi) is 4.49. The second kappa shape index (κ2) is 5.81. The summed E-state index contributed by atoms with van der Waals surface area (Å²) in [5, 5.41) is 18.6. The molecule has 1 aliphatic rings. The molecule has 0 amide bonds. The maximum Gasteiger partial charge on any atom is 0.335 e. The molecule has 1 aliphatic heterocycles. The number of benzene rings is 1. The van der Waals surface area contributed by atoms with Gasteiger partial charge in [-0.15, -0.1) is 0 Å². The van der Waals surface area contributed by atoms with Crippen LogP contribution in [0.4, 0.5) is 8.78 Å². The van der Waals surface area contributed by atoms with Crippen molar-refractivity contribution in [2.75, 3.05) is 13.1 Å². The zero-order valence-corrected chi connectivity index (χ0v) is 13.4. The monoisotopic (exact) mass is 349 g/mol. The largest absolute Gasteiger partial charge is 0.478 e. The highest BCUT2D eigenvalue weighted by molar-refractivity contribution is 7.89. The third-order valence-electron chi connectivity index (χ3n) is 3.73. The Hall–Kier alpha value is -1.58. The van der Waals surface area contributed by atoms with Gasteiger partial charge in [0.25, 0.3) is 5.92 Å². The van der Waals surface area contributed by atoms with Gasteiger partial charge >= 0.3 is 5.97 Å². The van der Waals surface area contributed by atoms with E-state index in [0.29, 0.717) is 9.87 Å². The number of carbonyl (C=O) groups is 1. The summed E-state index contributed by atoms with van der Waals surface area (Å²) in [7, 11) is -4.34. The van der Waals surface area contributed by atoms with E-state index in [1.54, 1.807) is 0 Å². The van der Waals surface area contributed by atoms with Crippen molar-refractivity contribution in [3.05, 3.63) is 28.8 Å². The number of alkyl halides is 2. The number of halogens is 2. The van der Waals surface area contributed by atoms with Crippen molar-refractivity contribution in [2.24, 2.45) is 0 Å². The first-order valence-corrected chi connectivity index (χ1v) is 8.28. The first kappa shape index (κ1) is 17.8. The molecule has 128 valence electrons. The van der Waals surface area contributed by atoms with Gasteiger partial charge in [0, 0.05) is 13.0 Å². The van der Waals surface area contributed by atoms with Gasteiger partial charge in [-0.1, -0.05) is 6.07 Å². The Morgan fingerprint density at radius 1 is 1.30 bits per heavy atom. The minimum Gasteiger partial charge on any atom is -0.478 e. The average Bonchev–Trinajstić information content (AvgIpc) is 2.35. The summed E-state index contributed by atoms with van der Waals surface area (Å²) in [6.45, 7) is 1.49. The average molecular weight is 349 g/mol. The van der Waals surface area contributed by atoms with Crippen LogP contribution in [0, 0.1) is 13.8 Å². The maximum atomic E-state index is 13.6. The summed E-state index contributed by atoms with van der Waals surface area (Å²) in [4.78, 5) is 10.8. The maximum absolute atomic E-state index is 13.6. The molecular weight excluding hydrogens is 332 g/mol. The van der Waals surface area contributed by atoms with Crippen LogP contribution in [0.5, 0.6) is 0 Å². The number of aromatic carboxylic acids is 1. The van der Waals surface area contributed by atoms with Crippen LogP contribution >= 0.6 is 0 Å². The SMILES string of the molecule is Cc1cc(C)c(S(=O)(=O)N2CC(O)CC(F)(F)C2)cc1C(=O)O. The smallest absolute Gasteiger partial charge is 0.335 e. The summed E-state index contributed by atoms with van der Waals surface area (Å²) in [6, 6.07) is 2.36. The van der Waals surface area contributed by atoms with Gasteiger partial charge in [-0.05, 0) is 31.0 Å². The minimum atomic E-state index is -4.34. The highest BCUT2D eigenvalue weighted by atomic mass is 32.2. The van der Waals surface area contributed by atoms with E-state index in [4.69, 9.17) is 5.11 Å². The van der Waals surface area contributed by atoms with Gasteiger partial charge in [-0.3, -0.25) is 0 Å². The van der Waals surface area contributed by atoms with Gasteiger partial charge in [-0.2, -0.15) is 4.31 Å². The Bertz CT molecular complexity index is 748. The molecule has 1 aromatic rings. The highest BCUT2D eigenvalue weighted by Gasteiger charge is 2.44. The highest BCUT2D eigenvalue weighted by Crippen LogP contribution is 2.32. The van der Waals surface area contributed by atoms with E-state index in [-0.39, 0.29) is 16.0 Å². The number of carboxylic acids is 1. The van der Waals surface area contributed by atoms with E-state index in [1.807, 2.05) is 0 Å². The van der Waals surface area contributed by atoms with Crippen LogP contribution in [-0.4, -0.2) is 54.0 Å². The lowest BCUT2D eigenvalue weighted by Crippen LogP contribution is -2.51. The van der Waals surface area contributed by atoms with Crippen molar-refractivity contribution >= 4 is 16.0 Å². The van der Waals surface area contributed by atoms with Gasteiger partial charge < -0.3 is 10.2 Å². The van der Waals surface area contributed by atoms with Crippen LogP contribution in [0.1, 0.15) is 27.9 Å². The molecule has 23 heavy (non-hydrogen) atoms. The molecule has 1 aromatic carbocycles. The molecule has 0 aliphatic carbocycles. The third kappa shape index (κ3) is 3.51. The molecule has 1 fully saturated rings. The molecule has 0 spiro atoms. The van der Waals surface area contributed by atoms with Crippen LogP contribution in [0.3, 0.4) is 0 Å². The lowest BCUT2D eigenvalue weighted by molar-refractivity contribution is -0.0867. The molecule has 0 saturated carbocycles. The van der Waals surface area contributed by atoms with Crippen LogP contribution in [-0.2, 0) is 10.0 Å². The number of nitrogens with zero attached hydrogens (tertiary/aromatic N) is 1. The molecule has 1 heterocycles. The molecule has 1 atom stereocenters. The number of hydrogen-bond donors (Lipinski definition) is 2. The number of piperidine rings is 1. The summed E-state index contributed by atoms with van der Waals surface area (Å²) in [5.41, 5.74) is 0.423. The lowest BCUT2D eigenvalue weighted by atomic mass is 10.1. The molecule has 9 heteroatoms. The number of aliphatic hydroxyl groups is 1. The number of carboxylic acid groups (broad SMARTS) is 1. The van der Waals surface area contributed by atoms with Crippen LogP contribution in [0.15, 0.2) is 17.0 Å². The van der Waals surface area contributed by atoms with Crippen LogP contribution < -0.4 is 0 Å². The molecular formula is C14H17F2NO5S. The molecule has 1 unspecified atom stereocenters. The summed E-state index contributed by atoms with van der Waals surface area (Å²) < 4.78 is 52.9. The number of aliphatic hydroxyl groups excluding tert-OH is 1. The van der Waals surface area contributed by atoms with Crippen molar-refractivity contribution < 1.29 is 32.2 Å². The molecule has 0 bridgehead atoms. The fourth-order valence-corrected chi connectivity index (χ4v) is 4.43. The number of rotatable bonds is 3. The molecule has 2 N–H and O–H groups in total. The van der Waals surface area contributed by atoms with Crippen molar-refractivity contribution in [1.82, 2.24) is 4.31 Å². The van der Waals surface area contributed by atoms with Crippen molar-refractivity contribution in [2.45, 2.75) is 37.2 Å². The van der Waals surface area contributed by atoms with Gasteiger partial charge in [0.1, 0.15) is 0 Å². The molecule has 6 nitrogen and oxygen atoms in total. The quantitative estimate of drug-likeness (QED) is 0.860. The summed E-state index contributed by atoms with van der Waals surface area (Å²) in [5.74, 6) is -4.64. The fraction of sp³-hybridized carbons (Fsp3) is 0.500. The van der Waals surface area contributed by atoms with Gasteiger partial charge in [0.05, 0.1) is 23.1 Å². The Labute approximate surface area is 132 Å². The topological polar surface area (TPSA) is 94.9 Å². The number of sulfonamides is 1. The Morgan fingerprint density at radius 2 is 1.91 bits per heavy atom. The van der Waals surface area contributed by atoms with Crippen molar-refractivity contribution in [3.8, 4) is 0 Å². The predicted octanol–water partition coefficient (Wildman–Crippen LogP) is 1.39. The predicted molar refractivity (Wildman–Crippen MR) is 77.2 cm³/mol. The summed E-state index contributed by atoms with van der Waals surface area (Å²) >= 11 is 0. The van der Waals surface area contributed by atoms with Crippen LogP contribution in [0.25, 0.3) is 0 Å². The first-order valence-electron chi connectivity index (χ1n) is 6.84. The Morgan fingerprint density at radius 3 is 2.43 bits per heavy atom. The van der Waals surface area contributed by atoms with Gasteiger partial charge in [-0.25, -0.2) is 22.0 Å². The number of hydrogen-bond acceptors (Lipinski definition) is 4. The molecule has 2 rings (SSSR count). The minimum absolute atomic E-state index is 0.210. The fourth-order valence-electron chi connectivity index (χ4n) is 2.69. The van der Waals surface area contributed by atoms with E-state index in [1.165, 1.54) is 19.9 Å². The van der Waals surface area contributed by atoms with E-state index >= 15 is 0 Å². The van der Waals surface area contributed by atoms with Crippen molar-refractivity contribution in [3.63, 3.8) is 0 Å². The molecule has 0 radical (unpaired) electrons. The second-order valence-corrected chi connectivity index (χ2v) is 7.66. The third-order valence-corrected chi connectivity index (χ3v) is 5.68. The van der Waals surface area contributed by atoms with E-state index in [2.05, 4.69) is 0 Å². The Balaban J connectivity index is 2.52. The normalized spacial score (nSPS) is 22.0. The van der Waals surface area contributed by atoms with E-state index < -0.39 is 47.5 Å². The van der Waals surface area contributed by atoms with Gasteiger partial charge in [0.15, 0.2) is 0 Å². The second-order valence-electron chi connectivity index (χ2n) is 5.75. The number of β-amino-alcohol motifs (C(OH)–C–C–N with tert-alkyl or cyclic N) is 1. The molecule has 1 saturated heterocycles. The molecule has 0 aromatic heterocycles. The van der Waals surface area contributed by atoms with Gasteiger partial charge in [0.2, 0.25) is 10.0 Å². The van der Waals surface area contributed by atoms with E-state index in [0.717, 1.165) is 6.07 Å².